The standard InChI is InChI=1S/C25H37NO4/c1-2-26-25(30)13-9-4-3-8-12-21-22(24(29)18-23(21)28)17-16-20(27)15-14-19-10-6-5-7-11-19/h3,5-8,10-11,16-17,20-24,27-29H,2,4,9,12-15,18H2,1H3,(H,26,30)/b8-3-,17-16+/t20?,21-,22-,23?,24?/m1/s1. The predicted molar refractivity (Wildman–Crippen MR) is 120 cm³/mol. The van der Waals surface area contributed by atoms with Crippen LogP contribution < -0.4 is 5.32 Å². The van der Waals surface area contributed by atoms with Crippen LogP contribution in [0.15, 0.2) is 54.6 Å². The Hall–Kier alpha value is -1.95. The summed E-state index contributed by atoms with van der Waals surface area (Å²) < 4.78 is 0. The van der Waals surface area contributed by atoms with Crippen LogP contribution in [0.2, 0.25) is 0 Å². The van der Waals surface area contributed by atoms with Crippen molar-refractivity contribution < 1.29 is 20.1 Å². The van der Waals surface area contributed by atoms with Gasteiger partial charge in [0.1, 0.15) is 0 Å². The maximum Gasteiger partial charge on any atom is 0.219 e. The lowest BCUT2D eigenvalue weighted by atomic mass is 9.89. The first-order valence-electron chi connectivity index (χ1n) is 11.2. The van der Waals surface area contributed by atoms with Gasteiger partial charge in [0.2, 0.25) is 5.91 Å². The van der Waals surface area contributed by atoms with Crippen molar-refractivity contribution in [1.82, 2.24) is 5.32 Å². The van der Waals surface area contributed by atoms with Crippen LogP contribution in [0.4, 0.5) is 0 Å². The number of hydrogen-bond acceptors (Lipinski definition) is 4. The molecule has 30 heavy (non-hydrogen) atoms. The summed E-state index contributed by atoms with van der Waals surface area (Å²) in [4.78, 5) is 11.4. The van der Waals surface area contributed by atoms with E-state index in [-0.39, 0.29) is 17.7 Å². The number of amides is 1. The molecule has 4 N–H and O–H groups in total. The van der Waals surface area contributed by atoms with E-state index in [1.807, 2.05) is 55.5 Å². The summed E-state index contributed by atoms with van der Waals surface area (Å²) in [7, 11) is 0. The van der Waals surface area contributed by atoms with Crippen molar-refractivity contribution in [2.45, 2.75) is 70.2 Å². The van der Waals surface area contributed by atoms with Crippen molar-refractivity contribution in [3.05, 3.63) is 60.2 Å². The van der Waals surface area contributed by atoms with Gasteiger partial charge in [0.15, 0.2) is 0 Å². The third-order valence-electron chi connectivity index (χ3n) is 5.77. The van der Waals surface area contributed by atoms with Crippen LogP contribution in [0.5, 0.6) is 0 Å². The minimum Gasteiger partial charge on any atom is -0.393 e. The van der Waals surface area contributed by atoms with Gasteiger partial charge in [-0.3, -0.25) is 4.79 Å². The maximum absolute atomic E-state index is 11.4. The molecule has 0 aliphatic heterocycles. The average molecular weight is 416 g/mol. The molecule has 1 amide bonds. The molecule has 2 rings (SSSR count). The largest absolute Gasteiger partial charge is 0.393 e. The normalized spacial score (nSPS) is 25.2. The summed E-state index contributed by atoms with van der Waals surface area (Å²) in [5, 5.41) is 33.8. The number of unbranched alkanes of at least 4 members (excludes halogenated alkanes) is 1. The van der Waals surface area contributed by atoms with Crippen LogP contribution in [0.25, 0.3) is 0 Å². The smallest absolute Gasteiger partial charge is 0.219 e. The molecule has 1 aliphatic rings. The van der Waals surface area contributed by atoms with Crippen molar-refractivity contribution >= 4 is 5.91 Å². The number of aliphatic hydroxyl groups is 3. The minimum absolute atomic E-state index is 0.0581. The molecule has 0 bridgehead atoms. The molecule has 5 nitrogen and oxygen atoms in total. The summed E-state index contributed by atoms with van der Waals surface area (Å²) in [6.45, 7) is 2.57. The first kappa shape index (κ1) is 24.3. The SMILES string of the molecule is CCNC(=O)CCC/C=C\C[C@H]1C(O)CC(O)[C@@H]1/C=C/C(O)CCc1ccccc1. The molecule has 1 aromatic rings. The van der Waals surface area contributed by atoms with Gasteiger partial charge in [-0.05, 0) is 50.5 Å². The molecule has 3 unspecified atom stereocenters. The number of aliphatic hydroxyl groups excluding tert-OH is 3. The summed E-state index contributed by atoms with van der Waals surface area (Å²) >= 11 is 0. The van der Waals surface area contributed by atoms with Crippen molar-refractivity contribution in [3.63, 3.8) is 0 Å². The molecule has 1 aromatic carbocycles. The summed E-state index contributed by atoms with van der Waals surface area (Å²) in [5.74, 6) is -0.139. The van der Waals surface area contributed by atoms with Crippen molar-refractivity contribution in [2.24, 2.45) is 11.8 Å². The highest BCUT2D eigenvalue weighted by atomic mass is 16.3. The number of aryl methyl sites for hydroxylation is 1. The van der Waals surface area contributed by atoms with Gasteiger partial charge < -0.3 is 20.6 Å². The van der Waals surface area contributed by atoms with Gasteiger partial charge in [0.25, 0.3) is 0 Å². The molecule has 0 saturated heterocycles. The van der Waals surface area contributed by atoms with E-state index in [0.29, 0.717) is 32.2 Å². The van der Waals surface area contributed by atoms with E-state index in [9.17, 15) is 20.1 Å². The molecule has 5 atom stereocenters. The highest BCUT2D eigenvalue weighted by molar-refractivity contribution is 5.75. The summed E-state index contributed by atoms with van der Waals surface area (Å²) in [6.07, 6.45) is 10.6. The second-order valence-electron chi connectivity index (χ2n) is 8.14. The van der Waals surface area contributed by atoms with E-state index in [1.54, 1.807) is 6.08 Å². The predicted octanol–water partition coefficient (Wildman–Crippen LogP) is 3.15. The van der Waals surface area contributed by atoms with E-state index in [4.69, 9.17) is 0 Å². The fourth-order valence-electron chi connectivity index (χ4n) is 4.06. The number of carbonyl (C=O) groups is 1. The van der Waals surface area contributed by atoms with Gasteiger partial charge in [0.05, 0.1) is 18.3 Å². The van der Waals surface area contributed by atoms with Crippen molar-refractivity contribution in [2.75, 3.05) is 6.54 Å². The molecule has 1 fully saturated rings. The molecule has 0 radical (unpaired) electrons. The molecule has 1 saturated carbocycles. The molecular formula is C25H37NO4. The maximum atomic E-state index is 11.4. The van der Waals surface area contributed by atoms with Crippen LogP contribution in [0.3, 0.4) is 0 Å². The number of benzene rings is 1. The van der Waals surface area contributed by atoms with E-state index < -0.39 is 18.3 Å². The molecule has 1 aliphatic carbocycles. The van der Waals surface area contributed by atoms with Crippen molar-refractivity contribution in [1.29, 1.82) is 0 Å². The summed E-state index contributed by atoms with van der Waals surface area (Å²) in [6, 6.07) is 10.1. The van der Waals surface area contributed by atoms with E-state index in [1.165, 1.54) is 5.56 Å². The van der Waals surface area contributed by atoms with Gasteiger partial charge in [0, 0.05) is 25.3 Å². The minimum atomic E-state index is -0.589. The second kappa shape index (κ2) is 13.4. The third kappa shape index (κ3) is 8.42. The van der Waals surface area contributed by atoms with Crippen LogP contribution >= 0.6 is 0 Å². The zero-order valence-electron chi connectivity index (χ0n) is 18.0. The average Bonchev–Trinajstić information content (AvgIpc) is 3.00. The van der Waals surface area contributed by atoms with Crippen LogP contribution in [0, 0.1) is 11.8 Å². The van der Waals surface area contributed by atoms with E-state index in [2.05, 4.69) is 5.32 Å². The van der Waals surface area contributed by atoms with E-state index in [0.717, 1.165) is 19.3 Å². The Morgan fingerprint density at radius 3 is 2.70 bits per heavy atom. The topological polar surface area (TPSA) is 89.8 Å². The first-order chi connectivity index (χ1) is 14.5. The van der Waals surface area contributed by atoms with Gasteiger partial charge in [-0.1, -0.05) is 54.6 Å². The van der Waals surface area contributed by atoms with Gasteiger partial charge in [-0.2, -0.15) is 0 Å². The Labute approximate surface area is 180 Å². The molecule has 0 aromatic heterocycles. The van der Waals surface area contributed by atoms with Gasteiger partial charge in [-0.25, -0.2) is 0 Å². The summed E-state index contributed by atoms with van der Waals surface area (Å²) in [5.41, 5.74) is 1.19. The first-order valence-corrected chi connectivity index (χ1v) is 11.2. The fraction of sp³-hybridized carbons (Fsp3) is 0.560. The van der Waals surface area contributed by atoms with E-state index >= 15 is 0 Å². The van der Waals surface area contributed by atoms with Gasteiger partial charge in [-0.15, -0.1) is 0 Å². The highest BCUT2D eigenvalue weighted by Gasteiger charge is 2.39. The van der Waals surface area contributed by atoms with Gasteiger partial charge >= 0.3 is 0 Å². The van der Waals surface area contributed by atoms with Crippen molar-refractivity contribution in [3.8, 4) is 0 Å². The monoisotopic (exact) mass is 415 g/mol. The molecule has 0 heterocycles. The molecular weight excluding hydrogens is 378 g/mol. The third-order valence-corrected chi connectivity index (χ3v) is 5.77. The number of nitrogens with one attached hydrogen (secondary N) is 1. The Morgan fingerprint density at radius 1 is 1.20 bits per heavy atom. The number of carbonyl (C=O) groups excluding carboxylic acids is 1. The number of rotatable bonds is 12. The zero-order valence-corrected chi connectivity index (χ0v) is 18.0. The number of hydrogen-bond donors (Lipinski definition) is 4. The molecule has 5 heteroatoms. The van der Waals surface area contributed by atoms with Crippen LogP contribution in [-0.4, -0.2) is 46.1 Å². The second-order valence-corrected chi connectivity index (χ2v) is 8.14. The highest BCUT2D eigenvalue weighted by Crippen LogP contribution is 2.36. The number of allylic oxidation sites excluding steroid dienone is 2. The quantitative estimate of drug-likeness (QED) is 0.312. The molecule has 0 spiro atoms. The Balaban J connectivity index is 1.78. The lowest BCUT2D eigenvalue weighted by Crippen LogP contribution is -2.21. The lowest BCUT2D eigenvalue weighted by molar-refractivity contribution is -0.121. The van der Waals surface area contributed by atoms with Crippen LogP contribution in [0.1, 0.15) is 51.0 Å². The lowest BCUT2D eigenvalue weighted by Gasteiger charge is -2.19. The Bertz CT molecular complexity index is 673. The Morgan fingerprint density at radius 2 is 1.97 bits per heavy atom. The fourth-order valence-corrected chi connectivity index (χ4v) is 4.06. The molecule has 166 valence electrons. The van der Waals surface area contributed by atoms with Crippen LogP contribution in [-0.2, 0) is 11.2 Å². The zero-order chi connectivity index (χ0) is 21.8. The Kier molecular flexibility index (Phi) is 10.8.